The fraction of sp³-hybridized carbons (Fsp3) is 0.833. The van der Waals surface area contributed by atoms with E-state index in [4.69, 9.17) is 5.73 Å². The van der Waals surface area contributed by atoms with Crippen LogP contribution in [0.15, 0.2) is 4.99 Å². The summed E-state index contributed by atoms with van der Waals surface area (Å²) in [5.74, 6) is 0.598. The second-order valence-electron chi connectivity index (χ2n) is 2.08. The van der Waals surface area contributed by atoms with Crippen LogP contribution in [0.25, 0.3) is 0 Å². The Balaban J connectivity index is 2.97. The predicted octanol–water partition coefficient (Wildman–Crippen LogP) is 0.672. The predicted molar refractivity (Wildman–Crippen MR) is 37.3 cm³/mol. The average molecular weight is 114 g/mol. The van der Waals surface area contributed by atoms with Gasteiger partial charge in [-0.2, -0.15) is 0 Å². The molecule has 8 heavy (non-hydrogen) atoms. The van der Waals surface area contributed by atoms with Crippen LogP contribution in [0.4, 0.5) is 0 Å². The van der Waals surface area contributed by atoms with Crippen LogP contribution in [-0.4, -0.2) is 19.8 Å². The molecule has 0 saturated heterocycles. The van der Waals surface area contributed by atoms with Crippen LogP contribution < -0.4 is 5.73 Å². The Morgan fingerprint density at radius 1 is 1.75 bits per heavy atom. The number of nitrogens with two attached hydrogens (primary N) is 1. The van der Waals surface area contributed by atoms with Crippen LogP contribution >= 0.6 is 0 Å². The van der Waals surface area contributed by atoms with Crippen LogP contribution in [0, 0.1) is 5.92 Å². The Labute approximate surface area is 50.8 Å². The normalized spacial score (nSPS) is 13.2. The molecule has 2 heteroatoms. The quantitative estimate of drug-likeness (QED) is 0.536. The molecule has 1 atom stereocenters. The van der Waals surface area contributed by atoms with Gasteiger partial charge in [0.25, 0.3) is 0 Å². The molecule has 0 aromatic heterocycles. The monoisotopic (exact) mass is 114 g/mol. The summed E-state index contributed by atoms with van der Waals surface area (Å²) in [5, 5.41) is 0. The summed E-state index contributed by atoms with van der Waals surface area (Å²) in [5.41, 5.74) is 5.35. The van der Waals surface area contributed by atoms with E-state index in [1.165, 1.54) is 0 Å². The molecule has 1 unspecified atom stereocenters. The zero-order valence-electron chi connectivity index (χ0n) is 5.43. The minimum Gasteiger partial charge on any atom is -0.330 e. The van der Waals surface area contributed by atoms with Crippen molar-refractivity contribution in [1.82, 2.24) is 0 Å². The summed E-state index contributed by atoms with van der Waals surface area (Å²) in [6.45, 7) is 7.10. The SMILES string of the molecule is C=NCCC(C)CN. The molecule has 0 aliphatic rings. The van der Waals surface area contributed by atoms with Gasteiger partial charge in [-0.25, -0.2) is 0 Å². The highest BCUT2D eigenvalue weighted by molar-refractivity contribution is 5.22. The Hall–Kier alpha value is -0.370. The zero-order valence-corrected chi connectivity index (χ0v) is 5.43. The van der Waals surface area contributed by atoms with Gasteiger partial charge in [0, 0.05) is 6.54 Å². The summed E-state index contributed by atoms with van der Waals surface area (Å²) in [7, 11) is 0. The summed E-state index contributed by atoms with van der Waals surface area (Å²) < 4.78 is 0. The molecule has 0 fully saturated rings. The molecule has 0 aromatic carbocycles. The van der Waals surface area contributed by atoms with Crippen molar-refractivity contribution in [2.24, 2.45) is 16.6 Å². The molecule has 0 heterocycles. The van der Waals surface area contributed by atoms with E-state index in [2.05, 4.69) is 18.6 Å². The Bertz CT molecular complexity index is 61.5. The van der Waals surface area contributed by atoms with Gasteiger partial charge in [0.15, 0.2) is 0 Å². The van der Waals surface area contributed by atoms with E-state index in [1.807, 2.05) is 0 Å². The maximum Gasteiger partial charge on any atom is 0.0385 e. The summed E-state index contributed by atoms with van der Waals surface area (Å²) >= 11 is 0. The van der Waals surface area contributed by atoms with Gasteiger partial charge in [-0.1, -0.05) is 6.92 Å². The number of hydrogen-bond donors (Lipinski definition) is 1. The highest BCUT2D eigenvalue weighted by Gasteiger charge is 1.94. The van der Waals surface area contributed by atoms with Crippen LogP contribution in [0.3, 0.4) is 0 Å². The van der Waals surface area contributed by atoms with Gasteiger partial charge in [-0.3, -0.25) is 0 Å². The molecule has 48 valence electrons. The molecular weight excluding hydrogens is 100 g/mol. The van der Waals surface area contributed by atoms with E-state index in [0.29, 0.717) is 5.92 Å². The van der Waals surface area contributed by atoms with E-state index in [-0.39, 0.29) is 0 Å². The molecule has 0 spiro atoms. The number of nitrogens with zero attached hydrogens (tertiary/aromatic N) is 1. The Kier molecular flexibility index (Phi) is 4.56. The molecule has 0 bridgehead atoms. The van der Waals surface area contributed by atoms with Crippen molar-refractivity contribution >= 4 is 6.72 Å². The van der Waals surface area contributed by atoms with Crippen LogP contribution in [0.5, 0.6) is 0 Å². The van der Waals surface area contributed by atoms with Crippen molar-refractivity contribution in [2.45, 2.75) is 13.3 Å². The molecule has 0 radical (unpaired) electrons. The lowest BCUT2D eigenvalue weighted by Gasteiger charge is -2.02. The standard InChI is InChI=1S/C6H14N2/c1-6(5-7)3-4-8-2/h6H,2-5,7H2,1H3. The van der Waals surface area contributed by atoms with Crippen molar-refractivity contribution in [3.8, 4) is 0 Å². The van der Waals surface area contributed by atoms with E-state index >= 15 is 0 Å². The Morgan fingerprint density at radius 2 is 2.38 bits per heavy atom. The largest absolute Gasteiger partial charge is 0.330 e. The second-order valence-corrected chi connectivity index (χ2v) is 2.08. The summed E-state index contributed by atoms with van der Waals surface area (Å²) in [6.07, 6.45) is 1.07. The van der Waals surface area contributed by atoms with Crippen LogP contribution in [0.2, 0.25) is 0 Å². The zero-order chi connectivity index (χ0) is 6.41. The third-order valence-corrected chi connectivity index (χ3v) is 1.18. The smallest absolute Gasteiger partial charge is 0.0385 e. The lowest BCUT2D eigenvalue weighted by molar-refractivity contribution is 0.554. The highest BCUT2D eigenvalue weighted by Crippen LogP contribution is 1.96. The number of rotatable bonds is 4. The molecule has 0 aromatic rings. The number of aliphatic imine (C=N–C) groups is 1. The molecule has 2 N–H and O–H groups in total. The molecule has 0 aliphatic carbocycles. The first-order valence-electron chi connectivity index (χ1n) is 2.93. The van der Waals surface area contributed by atoms with Crippen LogP contribution in [0.1, 0.15) is 13.3 Å². The lowest BCUT2D eigenvalue weighted by Crippen LogP contribution is -2.11. The van der Waals surface area contributed by atoms with Gasteiger partial charge in [0.2, 0.25) is 0 Å². The molecule has 0 rings (SSSR count). The topological polar surface area (TPSA) is 38.4 Å². The van der Waals surface area contributed by atoms with Crippen molar-refractivity contribution < 1.29 is 0 Å². The van der Waals surface area contributed by atoms with Crippen molar-refractivity contribution in [2.75, 3.05) is 13.1 Å². The lowest BCUT2D eigenvalue weighted by atomic mass is 10.1. The summed E-state index contributed by atoms with van der Waals surface area (Å²) in [4.78, 5) is 3.72. The van der Waals surface area contributed by atoms with Gasteiger partial charge in [0.1, 0.15) is 0 Å². The minimum absolute atomic E-state index is 0.598. The minimum atomic E-state index is 0.598. The first-order valence-corrected chi connectivity index (χ1v) is 2.93. The van der Waals surface area contributed by atoms with Crippen molar-refractivity contribution in [1.29, 1.82) is 0 Å². The fourth-order valence-electron chi connectivity index (χ4n) is 0.430. The molecule has 0 amide bonds. The van der Waals surface area contributed by atoms with Crippen molar-refractivity contribution in [3.05, 3.63) is 0 Å². The second kappa shape index (κ2) is 4.78. The van der Waals surface area contributed by atoms with Gasteiger partial charge in [0.05, 0.1) is 0 Å². The maximum atomic E-state index is 5.35. The van der Waals surface area contributed by atoms with Crippen molar-refractivity contribution in [3.63, 3.8) is 0 Å². The van der Waals surface area contributed by atoms with Crippen LogP contribution in [-0.2, 0) is 0 Å². The molecular formula is C6H14N2. The first-order chi connectivity index (χ1) is 3.81. The van der Waals surface area contributed by atoms with Gasteiger partial charge < -0.3 is 10.7 Å². The van der Waals surface area contributed by atoms with E-state index in [1.54, 1.807) is 0 Å². The molecule has 2 nitrogen and oxygen atoms in total. The van der Waals surface area contributed by atoms with E-state index < -0.39 is 0 Å². The third-order valence-electron chi connectivity index (χ3n) is 1.18. The molecule has 0 saturated carbocycles. The maximum absolute atomic E-state index is 5.35. The summed E-state index contributed by atoms with van der Waals surface area (Å²) in [6, 6.07) is 0. The third kappa shape index (κ3) is 3.81. The van der Waals surface area contributed by atoms with Gasteiger partial charge in [-0.15, -0.1) is 0 Å². The highest BCUT2D eigenvalue weighted by atomic mass is 14.7. The molecule has 0 aliphatic heterocycles. The van der Waals surface area contributed by atoms with E-state index in [0.717, 1.165) is 19.5 Å². The number of hydrogen-bond acceptors (Lipinski definition) is 2. The van der Waals surface area contributed by atoms with Gasteiger partial charge in [-0.05, 0) is 25.6 Å². The average Bonchev–Trinajstić information content (AvgIpc) is 1.83. The van der Waals surface area contributed by atoms with Gasteiger partial charge >= 0.3 is 0 Å². The fourth-order valence-corrected chi connectivity index (χ4v) is 0.430. The first kappa shape index (κ1) is 7.63. The Morgan fingerprint density at radius 3 is 2.75 bits per heavy atom. The van der Waals surface area contributed by atoms with E-state index in [9.17, 15) is 0 Å².